The summed E-state index contributed by atoms with van der Waals surface area (Å²) in [5, 5.41) is 231. The molecule has 0 bridgehead atoms. The predicted octanol–water partition coefficient (Wildman–Crippen LogP) is 4.85. The van der Waals surface area contributed by atoms with E-state index < -0.39 is 188 Å². The second kappa shape index (κ2) is 15.6. The molecular weight excluding hydrogens is 961 g/mol. The van der Waals surface area contributed by atoms with Crippen LogP contribution in [0.4, 0.5) is 0 Å². The van der Waals surface area contributed by atoms with Crippen LogP contribution in [0, 0.1) is 0 Å². The van der Waals surface area contributed by atoms with Gasteiger partial charge in [-0.3, -0.25) is 0 Å². The first-order valence-electron chi connectivity index (χ1n) is 19.6. The van der Waals surface area contributed by atoms with E-state index in [-0.39, 0.29) is 5.56 Å². The lowest BCUT2D eigenvalue weighted by atomic mass is 9.82. The Morgan fingerprint density at radius 3 is 1.07 bits per heavy atom. The summed E-state index contributed by atoms with van der Waals surface area (Å²) in [5.41, 5.74) is -10.3. The lowest BCUT2D eigenvalue weighted by Gasteiger charge is -2.21. The topological polar surface area (TPSA) is 464 Å². The molecule has 71 heavy (non-hydrogen) atoms. The largest absolute Gasteiger partial charge is 0.508 e. The molecule has 24 nitrogen and oxygen atoms in total. The summed E-state index contributed by atoms with van der Waals surface area (Å²) in [7, 11) is 6.14. The molecule has 2 radical (unpaired) electrons. The van der Waals surface area contributed by atoms with Crippen molar-refractivity contribution < 1.29 is 107 Å². The second-order valence-corrected chi connectivity index (χ2v) is 16.4. The minimum atomic E-state index is -1.64. The summed E-state index contributed by atoms with van der Waals surface area (Å²) in [6.45, 7) is 0. The number of phenols is 21. The molecule has 0 atom stereocenters. The van der Waals surface area contributed by atoms with Crippen molar-refractivity contribution >= 4 is 44.8 Å². The quantitative estimate of drug-likeness (QED) is 0.0601. The van der Waals surface area contributed by atoms with Gasteiger partial charge in [-0.15, -0.1) is 11.3 Å². The molecule has 26 heteroatoms. The van der Waals surface area contributed by atoms with E-state index in [9.17, 15) is 107 Å². The average molecular weight is 990 g/mol. The summed E-state index contributed by atoms with van der Waals surface area (Å²) in [4.78, 5) is 12.1. The number of thiophene rings is 1. The summed E-state index contributed by atoms with van der Waals surface area (Å²) in [5.74, 6) is -34.8. The molecule has 0 saturated carbocycles. The van der Waals surface area contributed by atoms with E-state index in [0.717, 1.165) is 10.1 Å². The number of nitrogens with zero attached hydrogens (tertiary/aromatic N) is 3. The molecule has 2 heterocycles. The number of aromatic nitrogens is 3. The minimum absolute atomic E-state index is 0.0321. The highest BCUT2D eigenvalue weighted by Gasteiger charge is 2.37. The number of hydrogen-bond acceptors (Lipinski definition) is 25. The molecule has 21 N–H and O–H groups in total. The Kier molecular flexibility index (Phi) is 10.1. The highest BCUT2D eigenvalue weighted by atomic mass is 32.1. The van der Waals surface area contributed by atoms with Crippen LogP contribution in [0.25, 0.3) is 87.7 Å². The first kappa shape index (κ1) is 45.8. The average Bonchev–Trinajstić information content (AvgIpc) is 3.74. The molecule has 0 aliphatic heterocycles. The molecule has 0 unspecified atom stereocenters. The molecule has 2 aromatic heterocycles. The van der Waals surface area contributed by atoms with Gasteiger partial charge in [0.1, 0.15) is 36.0 Å². The molecule has 9 rings (SSSR count). The zero-order valence-electron chi connectivity index (χ0n) is 34.8. The summed E-state index contributed by atoms with van der Waals surface area (Å²) in [6, 6.07) is 11.7. The van der Waals surface area contributed by atoms with E-state index in [1.807, 2.05) is 0 Å². The Morgan fingerprint density at radius 2 is 0.592 bits per heavy atom. The van der Waals surface area contributed by atoms with Crippen molar-refractivity contribution in [3.8, 4) is 188 Å². The zero-order valence-corrected chi connectivity index (χ0v) is 35.6. The van der Waals surface area contributed by atoms with Crippen LogP contribution in [-0.2, 0) is 0 Å². The Hall–Kier alpha value is -10.4. The lowest BCUT2D eigenvalue weighted by molar-refractivity contribution is 0.329. The van der Waals surface area contributed by atoms with E-state index in [2.05, 4.69) is 15.0 Å². The third-order valence-corrected chi connectivity index (χ3v) is 12.7. The number of fused-ring (bicyclic) bond motifs is 3. The molecule has 0 aliphatic rings. The lowest BCUT2D eigenvalue weighted by Crippen LogP contribution is -2.11. The SMILES string of the molecule is [B]c1c(O)c(-c2nc(-c3c(O)c(O)c(-c4c(O)c(O)c(O)c(O)c4O)c(O)c3O)nc(-c3c(O)c(O)c(O)c(-c4cccc5c4sc4ccccc45)c3O)n2)c(O)c(O)c1-c1c(O)c(O)c(O)c(O)c1O. The first-order valence-corrected chi connectivity index (χ1v) is 20.4. The van der Waals surface area contributed by atoms with Crippen molar-refractivity contribution in [3.63, 3.8) is 0 Å². The van der Waals surface area contributed by atoms with Gasteiger partial charge in [0.2, 0.25) is 40.2 Å². The fourth-order valence-electron chi connectivity index (χ4n) is 8.01. The maximum atomic E-state index is 12.1. The van der Waals surface area contributed by atoms with Crippen molar-refractivity contribution in [2.75, 3.05) is 0 Å². The van der Waals surface area contributed by atoms with Gasteiger partial charge in [0.05, 0.1) is 22.3 Å². The monoisotopic (exact) mass is 989 g/mol. The van der Waals surface area contributed by atoms with Crippen molar-refractivity contribution in [1.82, 2.24) is 15.0 Å². The summed E-state index contributed by atoms with van der Waals surface area (Å²) >= 11 is 1.19. The van der Waals surface area contributed by atoms with Crippen molar-refractivity contribution in [2.24, 2.45) is 0 Å². The molecule has 0 aliphatic carbocycles. The second-order valence-electron chi connectivity index (χ2n) is 15.3. The van der Waals surface area contributed by atoms with Gasteiger partial charge in [0.15, 0.2) is 86.5 Å². The summed E-state index contributed by atoms with van der Waals surface area (Å²) < 4.78 is 1.15. The van der Waals surface area contributed by atoms with Gasteiger partial charge < -0.3 is 107 Å². The molecule has 0 spiro atoms. The first-order chi connectivity index (χ1) is 33.4. The number of rotatable bonds is 6. The fourth-order valence-corrected chi connectivity index (χ4v) is 9.23. The fraction of sp³-hybridized carbons (Fsp3) is 0. The molecule has 0 saturated heterocycles. The maximum absolute atomic E-state index is 12.1. The van der Waals surface area contributed by atoms with E-state index in [4.69, 9.17) is 7.85 Å². The van der Waals surface area contributed by atoms with Crippen LogP contribution in [0.15, 0.2) is 42.5 Å². The van der Waals surface area contributed by atoms with Gasteiger partial charge in [-0.25, -0.2) is 15.0 Å². The predicted molar refractivity (Wildman–Crippen MR) is 246 cm³/mol. The van der Waals surface area contributed by atoms with Crippen LogP contribution in [-0.4, -0.2) is 130 Å². The number of benzene rings is 7. The number of phenolic OH excluding ortho intramolecular Hbond substituents is 21. The van der Waals surface area contributed by atoms with E-state index in [1.165, 1.54) is 23.5 Å². The van der Waals surface area contributed by atoms with E-state index in [1.54, 1.807) is 30.3 Å². The van der Waals surface area contributed by atoms with Crippen molar-refractivity contribution in [1.29, 1.82) is 0 Å². The molecule has 7 aromatic carbocycles. The number of hydrogen-bond donors (Lipinski definition) is 21. The molecule has 9 aromatic rings. The van der Waals surface area contributed by atoms with Crippen LogP contribution in [0.3, 0.4) is 0 Å². The third kappa shape index (κ3) is 6.21. The maximum Gasteiger partial charge on any atom is 0.208 e. The highest BCUT2D eigenvalue weighted by molar-refractivity contribution is 7.26. The van der Waals surface area contributed by atoms with Crippen molar-refractivity contribution in [2.45, 2.75) is 0 Å². The minimum Gasteiger partial charge on any atom is -0.508 e. The normalized spacial score (nSPS) is 11.5. The van der Waals surface area contributed by atoms with Gasteiger partial charge in [0, 0.05) is 31.3 Å². The third-order valence-electron chi connectivity index (χ3n) is 11.5. The van der Waals surface area contributed by atoms with Gasteiger partial charge in [-0.2, -0.15) is 0 Å². The zero-order chi connectivity index (χ0) is 51.7. The molecular formula is C45H28BN3O21S. The molecule has 0 fully saturated rings. The standard InChI is InChI=1S/C45H28BN3O21S/c46-20-13(14-27(56)36(65)40(69)37(66)28(14)57)24(53)31(60)18(22(20)51)44-47-43(17-21(50)12(23(52)35(64)34(17)63)10-6-3-5-9-8-4-1-2-7-11(8)71-42(9)10)48-45(49-44)19-32(61)25(54)15(26(55)33(19)62)16-29(58)38(67)41(70)39(68)30(16)59/h1-7,50-70H. The Bertz CT molecular complexity index is 3610. The summed E-state index contributed by atoms with van der Waals surface area (Å²) in [6.07, 6.45) is 0. The smallest absolute Gasteiger partial charge is 0.208 e. The van der Waals surface area contributed by atoms with Crippen molar-refractivity contribution in [3.05, 3.63) is 42.5 Å². The van der Waals surface area contributed by atoms with Crippen LogP contribution in [0.1, 0.15) is 0 Å². The van der Waals surface area contributed by atoms with E-state index >= 15 is 0 Å². The van der Waals surface area contributed by atoms with Gasteiger partial charge in [-0.1, -0.05) is 36.4 Å². The van der Waals surface area contributed by atoms with Crippen LogP contribution >= 0.6 is 11.3 Å². The van der Waals surface area contributed by atoms with E-state index in [0.29, 0.717) is 10.1 Å². The Morgan fingerprint density at radius 1 is 0.282 bits per heavy atom. The molecule has 358 valence electrons. The Labute approximate surface area is 396 Å². The highest BCUT2D eigenvalue weighted by Crippen LogP contribution is 2.64. The van der Waals surface area contributed by atoms with Crippen LogP contribution < -0.4 is 5.46 Å². The van der Waals surface area contributed by atoms with Gasteiger partial charge in [0.25, 0.3) is 0 Å². The van der Waals surface area contributed by atoms with Gasteiger partial charge >= 0.3 is 0 Å². The number of aromatic hydroxyl groups is 21. The van der Waals surface area contributed by atoms with Crippen LogP contribution in [0.2, 0.25) is 0 Å². The van der Waals surface area contributed by atoms with Crippen LogP contribution in [0.5, 0.6) is 121 Å². The molecule has 0 amide bonds. The Balaban J connectivity index is 1.38. The van der Waals surface area contributed by atoms with Gasteiger partial charge in [-0.05, 0) is 11.5 Å².